The van der Waals surface area contributed by atoms with Crippen molar-refractivity contribution in [3.05, 3.63) is 50.9 Å². The van der Waals surface area contributed by atoms with Gasteiger partial charge in [-0.2, -0.15) is 0 Å². The van der Waals surface area contributed by atoms with Gasteiger partial charge in [0.15, 0.2) is 0 Å². The van der Waals surface area contributed by atoms with Crippen molar-refractivity contribution in [1.29, 1.82) is 0 Å². The molecule has 0 radical (unpaired) electrons. The highest BCUT2D eigenvalue weighted by Crippen LogP contribution is 2.30. The summed E-state index contributed by atoms with van der Waals surface area (Å²) in [4.78, 5) is 9.65. The van der Waals surface area contributed by atoms with Crippen LogP contribution in [0.1, 0.15) is 17.8 Å². The molecule has 0 spiro atoms. The van der Waals surface area contributed by atoms with E-state index < -0.39 is 0 Å². The molecule has 1 unspecified atom stereocenters. The fraction of sp³-hybridized carbons (Fsp3) is 0.143. The average molecular weight is 324 g/mol. The van der Waals surface area contributed by atoms with Gasteiger partial charge in [0.1, 0.15) is 5.82 Å². The van der Waals surface area contributed by atoms with Crippen LogP contribution in [0.3, 0.4) is 0 Å². The maximum atomic E-state index is 5.98. The van der Waals surface area contributed by atoms with Gasteiger partial charge in [-0.1, -0.05) is 23.7 Å². The van der Waals surface area contributed by atoms with Gasteiger partial charge < -0.3 is 5.32 Å². The standard InChI is InChI=1S/C14H11Cl2N3S/c1-8(11-6-7-12(15)20-11)17-13-9-4-2-3-5-10(9)18-14(16)19-13/h2-8H,1H3,(H,17,18,19). The summed E-state index contributed by atoms with van der Waals surface area (Å²) in [5.41, 5.74) is 0.825. The minimum Gasteiger partial charge on any atom is -0.362 e. The Labute approximate surface area is 130 Å². The third-order valence-corrected chi connectivity index (χ3v) is 4.53. The molecule has 0 saturated heterocycles. The van der Waals surface area contributed by atoms with Crippen molar-refractivity contribution >= 4 is 51.3 Å². The van der Waals surface area contributed by atoms with Crippen molar-refractivity contribution < 1.29 is 0 Å². The van der Waals surface area contributed by atoms with Crippen LogP contribution in [0.15, 0.2) is 36.4 Å². The Morgan fingerprint density at radius 3 is 2.65 bits per heavy atom. The molecule has 0 aliphatic rings. The summed E-state index contributed by atoms with van der Waals surface area (Å²) >= 11 is 13.5. The number of benzene rings is 1. The number of hydrogen-bond acceptors (Lipinski definition) is 4. The second-order valence-electron chi connectivity index (χ2n) is 4.37. The van der Waals surface area contributed by atoms with Crippen molar-refractivity contribution in [3.63, 3.8) is 0 Å². The number of fused-ring (bicyclic) bond motifs is 1. The van der Waals surface area contributed by atoms with Crippen LogP contribution in [-0.2, 0) is 0 Å². The molecule has 0 aliphatic carbocycles. The molecule has 0 amide bonds. The van der Waals surface area contributed by atoms with Gasteiger partial charge in [-0.05, 0) is 42.8 Å². The predicted molar refractivity (Wildman–Crippen MR) is 85.9 cm³/mol. The first-order valence-corrected chi connectivity index (χ1v) is 7.65. The highest BCUT2D eigenvalue weighted by molar-refractivity contribution is 7.16. The molecule has 3 nitrogen and oxygen atoms in total. The van der Waals surface area contributed by atoms with E-state index in [0.717, 1.165) is 25.9 Å². The lowest BCUT2D eigenvalue weighted by Gasteiger charge is -2.14. The largest absolute Gasteiger partial charge is 0.362 e. The van der Waals surface area contributed by atoms with Gasteiger partial charge in [0, 0.05) is 10.3 Å². The van der Waals surface area contributed by atoms with E-state index in [2.05, 4.69) is 22.2 Å². The summed E-state index contributed by atoms with van der Waals surface area (Å²) in [6.07, 6.45) is 0. The minimum absolute atomic E-state index is 0.0990. The van der Waals surface area contributed by atoms with E-state index in [0.29, 0.717) is 0 Å². The Kier molecular flexibility index (Phi) is 3.78. The SMILES string of the molecule is CC(Nc1nc(Cl)nc2ccccc12)c1ccc(Cl)s1. The maximum Gasteiger partial charge on any atom is 0.224 e. The van der Waals surface area contributed by atoms with Crippen LogP contribution in [0.2, 0.25) is 9.62 Å². The molecule has 0 saturated carbocycles. The van der Waals surface area contributed by atoms with Crippen LogP contribution >= 0.6 is 34.5 Å². The summed E-state index contributed by atoms with van der Waals surface area (Å²) in [5, 5.41) is 4.56. The molecule has 2 heterocycles. The zero-order chi connectivity index (χ0) is 14.1. The van der Waals surface area contributed by atoms with Gasteiger partial charge in [-0.15, -0.1) is 11.3 Å². The molecule has 3 aromatic rings. The van der Waals surface area contributed by atoms with E-state index in [1.807, 2.05) is 36.4 Å². The molecular weight excluding hydrogens is 313 g/mol. The number of aromatic nitrogens is 2. The van der Waals surface area contributed by atoms with Gasteiger partial charge in [0.2, 0.25) is 5.28 Å². The van der Waals surface area contributed by atoms with Gasteiger partial charge in [-0.25, -0.2) is 9.97 Å². The second kappa shape index (κ2) is 5.56. The fourth-order valence-electron chi connectivity index (χ4n) is 2.00. The number of nitrogens with one attached hydrogen (secondary N) is 1. The second-order valence-corrected chi connectivity index (χ2v) is 6.45. The first-order chi connectivity index (χ1) is 9.63. The van der Waals surface area contributed by atoms with Gasteiger partial charge in [-0.3, -0.25) is 0 Å². The first kappa shape index (κ1) is 13.6. The Morgan fingerprint density at radius 1 is 1.10 bits per heavy atom. The Morgan fingerprint density at radius 2 is 1.90 bits per heavy atom. The lowest BCUT2D eigenvalue weighted by Crippen LogP contribution is -2.07. The molecule has 2 aromatic heterocycles. The quantitative estimate of drug-likeness (QED) is 0.675. The molecule has 0 aliphatic heterocycles. The highest BCUT2D eigenvalue weighted by Gasteiger charge is 2.12. The van der Waals surface area contributed by atoms with Crippen molar-refractivity contribution in [3.8, 4) is 0 Å². The van der Waals surface area contributed by atoms with Crippen LogP contribution in [0.5, 0.6) is 0 Å². The number of halogens is 2. The van der Waals surface area contributed by atoms with Gasteiger partial charge in [0.25, 0.3) is 0 Å². The zero-order valence-electron chi connectivity index (χ0n) is 10.6. The number of nitrogens with zero attached hydrogens (tertiary/aromatic N) is 2. The first-order valence-electron chi connectivity index (χ1n) is 6.07. The number of hydrogen-bond donors (Lipinski definition) is 1. The average Bonchev–Trinajstić information content (AvgIpc) is 2.85. The normalized spacial score (nSPS) is 12.6. The maximum absolute atomic E-state index is 5.98. The third-order valence-electron chi connectivity index (χ3n) is 2.95. The summed E-state index contributed by atoms with van der Waals surface area (Å²) in [7, 11) is 0. The van der Waals surface area contributed by atoms with Crippen molar-refractivity contribution in [2.75, 3.05) is 5.32 Å². The number of para-hydroxylation sites is 1. The molecule has 102 valence electrons. The molecule has 0 fully saturated rings. The van der Waals surface area contributed by atoms with E-state index in [4.69, 9.17) is 23.2 Å². The van der Waals surface area contributed by atoms with Crippen LogP contribution < -0.4 is 5.32 Å². The number of rotatable bonds is 3. The number of thiophene rings is 1. The Bertz CT molecular complexity index is 757. The van der Waals surface area contributed by atoms with E-state index in [1.54, 1.807) is 11.3 Å². The van der Waals surface area contributed by atoms with E-state index in [1.165, 1.54) is 0 Å². The molecule has 0 bridgehead atoms. The molecule has 3 rings (SSSR count). The Balaban J connectivity index is 1.98. The predicted octanol–water partition coefficient (Wildman–Crippen LogP) is 5.17. The van der Waals surface area contributed by atoms with E-state index in [9.17, 15) is 0 Å². The van der Waals surface area contributed by atoms with Crippen molar-refractivity contribution in [1.82, 2.24) is 9.97 Å². The monoisotopic (exact) mass is 323 g/mol. The molecule has 1 N–H and O–H groups in total. The molecule has 1 atom stereocenters. The van der Waals surface area contributed by atoms with Crippen LogP contribution in [-0.4, -0.2) is 9.97 Å². The summed E-state index contributed by atoms with van der Waals surface area (Å²) in [6.45, 7) is 2.06. The van der Waals surface area contributed by atoms with E-state index in [-0.39, 0.29) is 11.3 Å². The fourth-order valence-corrected chi connectivity index (χ4v) is 3.23. The minimum atomic E-state index is 0.0990. The number of anilines is 1. The van der Waals surface area contributed by atoms with Crippen LogP contribution in [0.4, 0.5) is 5.82 Å². The summed E-state index contributed by atoms with van der Waals surface area (Å²) in [6, 6.07) is 11.8. The molecule has 1 aromatic carbocycles. The Hall–Kier alpha value is -1.36. The van der Waals surface area contributed by atoms with Crippen molar-refractivity contribution in [2.24, 2.45) is 0 Å². The summed E-state index contributed by atoms with van der Waals surface area (Å²) < 4.78 is 0.777. The topological polar surface area (TPSA) is 37.8 Å². The van der Waals surface area contributed by atoms with Gasteiger partial charge >= 0.3 is 0 Å². The van der Waals surface area contributed by atoms with Crippen LogP contribution in [0.25, 0.3) is 10.9 Å². The molecule has 6 heteroatoms. The van der Waals surface area contributed by atoms with Crippen molar-refractivity contribution in [2.45, 2.75) is 13.0 Å². The molecular formula is C14H11Cl2N3S. The van der Waals surface area contributed by atoms with E-state index >= 15 is 0 Å². The molecule has 20 heavy (non-hydrogen) atoms. The lowest BCUT2D eigenvalue weighted by molar-refractivity contribution is 0.898. The summed E-state index contributed by atoms with van der Waals surface area (Å²) in [5.74, 6) is 0.734. The smallest absolute Gasteiger partial charge is 0.224 e. The highest BCUT2D eigenvalue weighted by atomic mass is 35.5. The lowest BCUT2D eigenvalue weighted by atomic mass is 10.2. The third kappa shape index (κ3) is 2.73. The zero-order valence-corrected chi connectivity index (χ0v) is 12.9. The van der Waals surface area contributed by atoms with Crippen LogP contribution in [0, 0.1) is 0 Å². The van der Waals surface area contributed by atoms with Gasteiger partial charge in [0.05, 0.1) is 15.9 Å².